The molecule has 0 aromatic carbocycles. The van der Waals surface area contributed by atoms with Crippen LogP contribution in [0.15, 0.2) is 12.2 Å². The van der Waals surface area contributed by atoms with Crippen LogP contribution >= 0.6 is 0 Å². The summed E-state index contributed by atoms with van der Waals surface area (Å²) in [6.07, 6.45) is 61.7. The van der Waals surface area contributed by atoms with Crippen LogP contribution in [-0.2, 0) is 19.1 Å². The van der Waals surface area contributed by atoms with Gasteiger partial charge in [0.05, 0.1) is 6.61 Å². The lowest BCUT2D eigenvalue weighted by molar-refractivity contribution is -0.161. The van der Waals surface area contributed by atoms with Crippen LogP contribution in [0.2, 0.25) is 0 Å². The van der Waals surface area contributed by atoms with Gasteiger partial charge < -0.3 is 14.6 Å². The Morgan fingerprint density at radius 1 is 0.373 bits per heavy atom. The standard InChI is InChI=1S/C54H104O5/c1-3-5-7-9-11-13-15-17-19-21-23-25-26-27-28-29-31-33-35-37-39-41-43-45-47-49-54(57)59-52(50-55)51-58-53(56)48-46-44-42-40-38-36-34-32-30-24-22-20-18-16-14-12-10-8-6-4-2/h21,23,52,55H,3-20,22,24-51H2,1-2H3/b23-21-. The summed E-state index contributed by atoms with van der Waals surface area (Å²) in [5, 5.41) is 9.63. The van der Waals surface area contributed by atoms with Crippen molar-refractivity contribution in [1.29, 1.82) is 0 Å². The SMILES string of the molecule is CCCCCCCCCC/C=C\CCCCCCCCCCCCCCCC(=O)OC(CO)COC(=O)CCCCCCCCCCCCCCCCCCCCCC. The summed E-state index contributed by atoms with van der Waals surface area (Å²) >= 11 is 0. The molecule has 0 aliphatic heterocycles. The Morgan fingerprint density at radius 2 is 0.627 bits per heavy atom. The van der Waals surface area contributed by atoms with Gasteiger partial charge in [-0.05, 0) is 38.5 Å². The van der Waals surface area contributed by atoms with Crippen LogP contribution in [0.25, 0.3) is 0 Å². The number of ether oxygens (including phenoxy) is 2. The first-order valence-electron chi connectivity index (χ1n) is 26.7. The van der Waals surface area contributed by atoms with Crippen molar-refractivity contribution in [2.45, 2.75) is 309 Å². The molecule has 0 aromatic heterocycles. The largest absolute Gasteiger partial charge is 0.462 e. The third kappa shape index (κ3) is 49.2. The van der Waals surface area contributed by atoms with Crippen molar-refractivity contribution in [3.05, 3.63) is 12.2 Å². The molecule has 0 radical (unpaired) electrons. The lowest BCUT2D eigenvalue weighted by Gasteiger charge is -2.15. The molecule has 0 heterocycles. The van der Waals surface area contributed by atoms with E-state index in [1.165, 1.54) is 244 Å². The molecular weight excluding hydrogens is 729 g/mol. The number of carbonyl (C=O) groups excluding carboxylic acids is 2. The van der Waals surface area contributed by atoms with E-state index in [0.29, 0.717) is 12.8 Å². The van der Waals surface area contributed by atoms with E-state index in [1.807, 2.05) is 0 Å². The molecule has 0 bridgehead atoms. The lowest BCUT2D eigenvalue weighted by atomic mass is 10.0. The molecule has 0 saturated heterocycles. The monoisotopic (exact) mass is 833 g/mol. The Bertz CT molecular complexity index is 856. The Labute approximate surface area is 369 Å². The zero-order valence-corrected chi connectivity index (χ0v) is 40.0. The summed E-state index contributed by atoms with van der Waals surface area (Å²) in [6.45, 7) is 4.19. The number of rotatable bonds is 50. The highest BCUT2D eigenvalue weighted by Gasteiger charge is 2.16. The number of aliphatic hydroxyl groups is 1. The second kappa shape index (κ2) is 51.0. The number of aliphatic hydroxyl groups excluding tert-OH is 1. The maximum absolute atomic E-state index is 12.3. The van der Waals surface area contributed by atoms with Crippen molar-refractivity contribution < 1.29 is 24.2 Å². The molecule has 1 N–H and O–H groups in total. The maximum Gasteiger partial charge on any atom is 0.306 e. The summed E-state index contributed by atoms with van der Waals surface area (Å²) < 4.78 is 10.7. The van der Waals surface area contributed by atoms with Gasteiger partial charge in [0.15, 0.2) is 6.10 Å². The van der Waals surface area contributed by atoms with Crippen LogP contribution in [0.1, 0.15) is 303 Å². The van der Waals surface area contributed by atoms with Crippen LogP contribution < -0.4 is 0 Å². The van der Waals surface area contributed by atoms with Crippen LogP contribution in [0.4, 0.5) is 0 Å². The minimum atomic E-state index is -0.766. The molecule has 0 aromatic rings. The smallest absolute Gasteiger partial charge is 0.306 e. The van der Waals surface area contributed by atoms with Gasteiger partial charge >= 0.3 is 11.9 Å². The quantitative estimate of drug-likeness (QED) is 0.0375. The molecule has 0 amide bonds. The highest BCUT2D eigenvalue weighted by Crippen LogP contribution is 2.17. The molecule has 0 spiro atoms. The molecule has 0 rings (SSSR count). The topological polar surface area (TPSA) is 72.8 Å². The zero-order chi connectivity index (χ0) is 42.8. The second-order valence-corrected chi connectivity index (χ2v) is 18.3. The van der Waals surface area contributed by atoms with Crippen molar-refractivity contribution in [2.75, 3.05) is 13.2 Å². The van der Waals surface area contributed by atoms with Crippen LogP contribution in [0, 0.1) is 0 Å². The molecular formula is C54H104O5. The fraction of sp³-hybridized carbons (Fsp3) is 0.926. The molecule has 5 heteroatoms. The van der Waals surface area contributed by atoms with Gasteiger partial charge in [-0.1, -0.05) is 264 Å². The highest BCUT2D eigenvalue weighted by molar-refractivity contribution is 5.70. The third-order valence-corrected chi connectivity index (χ3v) is 12.3. The summed E-state index contributed by atoms with van der Waals surface area (Å²) in [7, 11) is 0. The Kier molecular flexibility index (Phi) is 49.8. The first-order valence-corrected chi connectivity index (χ1v) is 26.7. The van der Waals surface area contributed by atoms with Gasteiger partial charge in [0.25, 0.3) is 0 Å². The minimum Gasteiger partial charge on any atom is -0.462 e. The molecule has 0 saturated carbocycles. The first kappa shape index (κ1) is 57.6. The van der Waals surface area contributed by atoms with Gasteiger partial charge in [-0.2, -0.15) is 0 Å². The maximum atomic E-state index is 12.3. The lowest BCUT2D eigenvalue weighted by Crippen LogP contribution is -2.28. The van der Waals surface area contributed by atoms with E-state index in [4.69, 9.17) is 9.47 Å². The number of unbranched alkanes of at least 4 members (excludes halogenated alkanes) is 40. The van der Waals surface area contributed by atoms with Gasteiger partial charge in [0.1, 0.15) is 6.61 Å². The van der Waals surface area contributed by atoms with Crippen LogP contribution in [0.3, 0.4) is 0 Å². The number of carbonyl (C=O) groups is 2. The van der Waals surface area contributed by atoms with Crippen molar-refractivity contribution in [3.8, 4) is 0 Å². The van der Waals surface area contributed by atoms with Gasteiger partial charge in [0.2, 0.25) is 0 Å². The van der Waals surface area contributed by atoms with Crippen molar-refractivity contribution in [2.24, 2.45) is 0 Å². The highest BCUT2D eigenvalue weighted by atomic mass is 16.6. The van der Waals surface area contributed by atoms with Gasteiger partial charge in [-0.3, -0.25) is 9.59 Å². The molecule has 0 fully saturated rings. The van der Waals surface area contributed by atoms with E-state index in [2.05, 4.69) is 26.0 Å². The molecule has 350 valence electrons. The average molecular weight is 833 g/mol. The zero-order valence-electron chi connectivity index (χ0n) is 40.0. The summed E-state index contributed by atoms with van der Waals surface area (Å²) in [5.74, 6) is -0.570. The van der Waals surface area contributed by atoms with Crippen LogP contribution in [0.5, 0.6) is 0 Å². The Hall–Kier alpha value is -1.36. The molecule has 1 atom stereocenters. The second-order valence-electron chi connectivity index (χ2n) is 18.3. The third-order valence-electron chi connectivity index (χ3n) is 12.3. The van der Waals surface area contributed by atoms with Gasteiger partial charge in [-0.25, -0.2) is 0 Å². The van der Waals surface area contributed by atoms with Gasteiger partial charge in [0, 0.05) is 12.8 Å². The van der Waals surface area contributed by atoms with Crippen molar-refractivity contribution in [1.82, 2.24) is 0 Å². The summed E-state index contributed by atoms with van der Waals surface area (Å²) in [5.41, 5.74) is 0. The van der Waals surface area contributed by atoms with Crippen molar-refractivity contribution >= 4 is 11.9 Å². The molecule has 0 aliphatic carbocycles. The van der Waals surface area contributed by atoms with E-state index < -0.39 is 6.10 Å². The van der Waals surface area contributed by atoms with Gasteiger partial charge in [-0.15, -0.1) is 0 Å². The molecule has 59 heavy (non-hydrogen) atoms. The number of allylic oxidation sites excluding steroid dienone is 2. The minimum absolute atomic E-state index is 0.0582. The average Bonchev–Trinajstić information content (AvgIpc) is 3.24. The number of esters is 2. The predicted octanol–water partition coefficient (Wildman–Crippen LogP) is 17.6. The normalized spacial score (nSPS) is 12.1. The van der Waals surface area contributed by atoms with Crippen LogP contribution in [-0.4, -0.2) is 36.4 Å². The fourth-order valence-corrected chi connectivity index (χ4v) is 8.26. The van der Waals surface area contributed by atoms with E-state index in [-0.39, 0.29) is 25.2 Å². The predicted molar refractivity (Wildman–Crippen MR) is 256 cm³/mol. The summed E-state index contributed by atoms with van der Waals surface area (Å²) in [6, 6.07) is 0. The van der Waals surface area contributed by atoms with E-state index in [0.717, 1.165) is 32.1 Å². The van der Waals surface area contributed by atoms with E-state index in [9.17, 15) is 14.7 Å². The molecule has 1 unspecified atom stereocenters. The summed E-state index contributed by atoms with van der Waals surface area (Å²) in [4.78, 5) is 24.5. The fourth-order valence-electron chi connectivity index (χ4n) is 8.26. The Morgan fingerprint density at radius 3 is 0.915 bits per heavy atom. The molecule has 5 nitrogen and oxygen atoms in total. The Balaban J connectivity index is 3.43. The van der Waals surface area contributed by atoms with E-state index >= 15 is 0 Å². The first-order chi connectivity index (χ1) is 29.1. The van der Waals surface area contributed by atoms with Crippen molar-refractivity contribution in [3.63, 3.8) is 0 Å². The van der Waals surface area contributed by atoms with E-state index in [1.54, 1.807) is 0 Å². The number of hydrogen-bond donors (Lipinski definition) is 1. The number of hydrogen-bond acceptors (Lipinski definition) is 5. The molecule has 0 aliphatic rings.